The maximum Gasteiger partial charge on any atom is 0.338 e. The van der Waals surface area contributed by atoms with Crippen molar-refractivity contribution in [3.8, 4) is 0 Å². The highest BCUT2D eigenvalue weighted by atomic mass is 35.5. The third-order valence-corrected chi connectivity index (χ3v) is 6.18. The molecule has 5 nitrogen and oxygen atoms in total. The predicted octanol–water partition coefficient (Wildman–Crippen LogP) is 5.95. The first-order chi connectivity index (χ1) is 14.9. The zero-order valence-electron chi connectivity index (χ0n) is 16.4. The summed E-state index contributed by atoms with van der Waals surface area (Å²) in [6, 6.07) is 15.4. The molecule has 0 fully saturated rings. The van der Waals surface area contributed by atoms with E-state index in [1.165, 1.54) is 11.3 Å². The van der Waals surface area contributed by atoms with Gasteiger partial charge in [-0.1, -0.05) is 35.3 Å². The minimum absolute atomic E-state index is 0.179. The summed E-state index contributed by atoms with van der Waals surface area (Å²) in [7, 11) is 0. The number of thiocarbonyl (C=S) groups is 1. The van der Waals surface area contributed by atoms with E-state index in [1.54, 1.807) is 66.4 Å². The maximum absolute atomic E-state index is 12.5. The van der Waals surface area contributed by atoms with E-state index < -0.39 is 5.97 Å². The first-order valence-electron chi connectivity index (χ1n) is 9.27. The Morgan fingerprint density at radius 1 is 1.06 bits per heavy atom. The maximum atomic E-state index is 12.5. The number of nitrogens with zero attached hydrogens (tertiary/aromatic N) is 1. The zero-order valence-corrected chi connectivity index (χ0v) is 19.6. The molecule has 0 aliphatic rings. The first kappa shape index (κ1) is 23.2. The normalized spacial score (nSPS) is 10.4. The van der Waals surface area contributed by atoms with Gasteiger partial charge in [0.25, 0.3) is 5.91 Å². The van der Waals surface area contributed by atoms with Gasteiger partial charge in [0.1, 0.15) is 0 Å². The highest BCUT2D eigenvalue weighted by Gasteiger charge is 2.20. The van der Waals surface area contributed by atoms with E-state index in [0.29, 0.717) is 31.7 Å². The van der Waals surface area contributed by atoms with Crippen LogP contribution in [0.15, 0.2) is 60.0 Å². The molecular weight excluding hydrogens is 475 g/mol. The summed E-state index contributed by atoms with van der Waals surface area (Å²) < 4.78 is 5.03. The van der Waals surface area contributed by atoms with Gasteiger partial charge in [-0.25, -0.2) is 4.79 Å². The average Bonchev–Trinajstić information content (AvgIpc) is 3.29. The number of anilines is 1. The lowest BCUT2D eigenvalue weighted by Gasteiger charge is -2.26. The second-order valence-electron chi connectivity index (χ2n) is 6.29. The van der Waals surface area contributed by atoms with Crippen molar-refractivity contribution < 1.29 is 14.3 Å². The Morgan fingerprint density at radius 2 is 1.74 bits per heavy atom. The second kappa shape index (κ2) is 10.7. The second-order valence-corrected chi connectivity index (χ2v) is 8.44. The summed E-state index contributed by atoms with van der Waals surface area (Å²) in [5, 5.41) is 5.70. The van der Waals surface area contributed by atoms with Crippen molar-refractivity contribution in [3.05, 3.63) is 86.0 Å². The van der Waals surface area contributed by atoms with E-state index in [4.69, 9.17) is 40.2 Å². The van der Waals surface area contributed by atoms with Crippen molar-refractivity contribution in [2.24, 2.45) is 0 Å². The Balaban J connectivity index is 1.91. The van der Waals surface area contributed by atoms with Gasteiger partial charge in [-0.05, 0) is 67.0 Å². The number of hydrogen-bond donors (Lipinski definition) is 1. The fourth-order valence-corrected chi connectivity index (χ4v) is 4.15. The minimum Gasteiger partial charge on any atom is -0.462 e. The number of benzene rings is 2. The summed E-state index contributed by atoms with van der Waals surface area (Å²) in [4.78, 5) is 26.7. The van der Waals surface area contributed by atoms with Gasteiger partial charge >= 0.3 is 5.97 Å². The Morgan fingerprint density at radius 3 is 2.32 bits per heavy atom. The standard InChI is InChI=1S/C22H18Cl2N2O3S2/c1-2-29-21(28)14-8-10-15(11-9-14)26(13-16-17(23)5-3-6-18(16)24)22(30)25-20(27)19-7-4-12-31-19/h3-12H,2,13H2,1H3,(H,25,27,30). The zero-order chi connectivity index (χ0) is 22.4. The van der Waals surface area contributed by atoms with Crippen LogP contribution in [0.4, 0.5) is 5.69 Å². The lowest BCUT2D eigenvalue weighted by atomic mass is 10.1. The number of esters is 1. The number of ether oxygens (including phenoxy) is 1. The van der Waals surface area contributed by atoms with Crippen LogP contribution in [0.1, 0.15) is 32.5 Å². The van der Waals surface area contributed by atoms with E-state index >= 15 is 0 Å². The molecule has 2 aromatic carbocycles. The number of rotatable bonds is 6. The SMILES string of the molecule is CCOC(=O)c1ccc(N(Cc2c(Cl)cccc2Cl)C(=S)NC(=O)c2cccs2)cc1. The monoisotopic (exact) mass is 492 g/mol. The van der Waals surface area contributed by atoms with E-state index in [-0.39, 0.29) is 24.2 Å². The van der Waals surface area contributed by atoms with Crippen LogP contribution in [-0.2, 0) is 11.3 Å². The topological polar surface area (TPSA) is 58.6 Å². The molecule has 1 aromatic heterocycles. The Kier molecular flexibility index (Phi) is 8.03. The summed E-state index contributed by atoms with van der Waals surface area (Å²) in [5.74, 6) is -0.721. The number of carbonyl (C=O) groups excluding carboxylic acids is 2. The van der Waals surface area contributed by atoms with Gasteiger partial charge in [-0.3, -0.25) is 10.1 Å². The number of nitrogens with one attached hydrogen (secondary N) is 1. The molecule has 0 saturated heterocycles. The van der Waals surface area contributed by atoms with Crippen molar-refractivity contribution in [3.63, 3.8) is 0 Å². The fourth-order valence-electron chi connectivity index (χ4n) is 2.75. The van der Waals surface area contributed by atoms with E-state index in [9.17, 15) is 9.59 Å². The number of carbonyl (C=O) groups is 2. The van der Waals surface area contributed by atoms with Crippen LogP contribution in [0.3, 0.4) is 0 Å². The first-order valence-corrected chi connectivity index (χ1v) is 11.3. The Hall–Kier alpha value is -2.45. The largest absolute Gasteiger partial charge is 0.462 e. The van der Waals surface area contributed by atoms with Gasteiger partial charge in [-0.2, -0.15) is 0 Å². The van der Waals surface area contributed by atoms with Crippen LogP contribution < -0.4 is 10.2 Å². The molecule has 1 N–H and O–H groups in total. The van der Waals surface area contributed by atoms with Crippen molar-refractivity contribution in [2.45, 2.75) is 13.5 Å². The molecule has 0 saturated carbocycles. The van der Waals surface area contributed by atoms with Crippen LogP contribution in [0.5, 0.6) is 0 Å². The van der Waals surface area contributed by atoms with Crippen molar-refractivity contribution in [1.82, 2.24) is 5.32 Å². The molecule has 9 heteroatoms. The third-order valence-electron chi connectivity index (χ3n) is 4.28. The van der Waals surface area contributed by atoms with E-state index in [1.807, 2.05) is 5.38 Å². The van der Waals surface area contributed by atoms with Gasteiger partial charge in [0.05, 0.1) is 23.6 Å². The molecule has 160 valence electrons. The van der Waals surface area contributed by atoms with Crippen LogP contribution in [0.2, 0.25) is 10.0 Å². The number of amides is 1. The van der Waals surface area contributed by atoms with Gasteiger partial charge in [0.2, 0.25) is 0 Å². The van der Waals surface area contributed by atoms with E-state index in [0.717, 1.165) is 0 Å². The summed E-state index contributed by atoms with van der Waals surface area (Å²) in [6.07, 6.45) is 0. The Labute approximate surface area is 199 Å². The number of hydrogen-bond acceptors (Lipinski definition) is 5. The Bertz CT molecular complexity index is 1070. The van der Waals surface area contributed by atoms with Gasteiger partial charge in [0.15, 0.2) is 5.11 Å². The van der Waals surface area contributed by atoms with Crippen molar-refractivity contribution in [2.75, 3.05) is 11.5 Å². The molecule has 0 unspecified atom stereocenters. The molecule has 3 aromatic rings. The minimum atomic E-state index is -0.414. The lowest BCUT2D eigenvalue weighted by Crippen LogP contribution is -2.42. The van der Waals surface area contributed by atoms with Crippen molar-refractivity contribution in [1.29, 1.82) is 0 Å². The lowest BCUT2D eigenvalue weighted by molar-refractivity contribution is 0.0526. The molecule has 0 radical (unpaired) electrons. The quantitative estimate of drug-likeness (QED) is 0.340. The van der Waals surface area contributed by atoms with Gasteiger partial charge in [0, 0.05) is 21.3 Å². The molecule has 31 heavy (non-hydrogen) atoms. The van der Waals surface area contributed by atoms with Gasteiger partial charge < -0.3 is 9.64 Å². The highest BCUT2D eigenvalue weighted by molar-refractivity contribution is 7.80. The van der Waals surface area contributed by atoms with E-state index in [2.05, 4.69) is 5.32 Å². The van der Waals surface area contributed by atoms with Crippen LogP contribution in [-0.4, -0.2) is 23.6 Å². The number of thiophene rings is 1. The summed E-state index contributed by atoms with van der Waals surface area (Å²) >= 11 is 19.6. The predicted molar refractivity (Wildman–Crippen MR) is 129 cm³/mol. The molecule has 1 amide bonds. The molecule has 3 rings (SSSR count). The molecule has 0 spiro atoms. The average molecular weight is 493 g/mol. The molecule has 0 aliphatic heterocycles. The molecular formula is C22H18Cl2N2O3S2. The molecule has 0 atom stereocenters. The van der Waals surface area contributed by atoms with Crippen LogP contribution in [0, 0.1) is 0 Å². The van der Waals surface area contributed by atoms with Crippen molar-refractivity contribution >= 4 is 69.4 Å². The fraction of sp³-hybridized carbons (Fsp3) is 0.136. The van der Waals surface area contributed by atoms with Gasteiger partial charge in [-0.15, -0.1) is 11.3 Å². The molecule has 0 aliphatic carbocycles. The molecule has 1 heterocycles. The third kappa shape index (κ3) is 5.83. The summed E-state index contributed by atoms with van der Waals surface area (Å²) in [6.45, 7) is 2.26. The number of halogens is 2. The highest BCUT2D eigenvalue weighted by Crippen LogP contribution is 2.28. The van der Waals surface area contributed by atoms with Crippen LogP contribution >= 0.6 is 46.8 Å². The molecule has 0 bridgehead atoms. The van der Waals surface area contributed by atoms with Crippen LogP contribution in [0.25, 0.3) is 0 Å². The smallest absolute Gasteiger partial charge is 0.338 e. The summed E-state index contributed by atoms with van der Waals surface area (Å²) in [5.41, 5.74) is 1.73.